The van der Waals surface area contributed by atoms with Gasteiger partial charge in [0.05, 0.1) is 12.0 Å². The fourth-order valence-corrected chi connectivity index (χ4v) is 7.10. The number of aryl methyl sites for hydroxylation is 1. The van der Waals surface area contributed by atoms with E-state index in [2.05, 4.69) is 5.32 Å². The number of carbonyl (C=O) groups excluding carboxylic acids is 1. The highest BCUT2D eigenvalue weighted by Crippen LogP contribution is 2.29. The number of hydrogen-bond donors (Lipinski definition) is 1. The van der Waals surface area contributed by atoms with Crippen molar-refractivity contribution in [3.63, 3.8) is 0 Å². The minimum absolute atomic E-state index is 0.143. The Hall–Kier alpha value is -1.90. The van der Waals surface area contributed by atoms with E-state index in [1.807, 2.05) is 37.3 Å². The van der Waals surface area contributed by atoms with Gasteiger partial charge in [0, 0.05) is 29.7 Å². The second-order valence-corrected chi connectivity index (χ2v) is 11.6. The molecule has 2 fully saturated rings. The minimum atomic E-state index is -3.55. The van der Waals surface area contributed by atoms with Gasteiger partial charge in [-0.05, 0) is 69.7 Å². The zero-order valence-electron chi connectivity index (χ0n) is 17.2. The molecule has 2 heterocycles. The first-order chi connectivity index (χ1) is 14.4. The molecule has 1 atom stereocenters. The summed E-state index contributed by atoms with van der Waals surface area (Å²) in [6, 6.07) is 10.9. The predicted octanol–water partition coefficient (Wildman–Crippen LogP) is 4.42. The smallest absolute Gasteiger partial charge is 0.252 e. The molecule has 1 aromatic carbocycles. The number of amides is 1. The third-order valence-electron chi connectivity index (χ3n) is 5.77. The summed E-state index contributed by atoms with van der Waals surface area (Å²) in [5, 5.41) is 2.95. The molecule has 30 heavy (non-hydrogen) atoms. The van der Waals surface area contributed by atoms with Crippen molar-refractivity contribution in [2.24, 2.45) is 5.92 Å². The van der Waals surface area contributed by atoms with E-state index >= 15 is 0 Å². The number of rotatable bonds is 6. The summed E-state index contributed by atoms with van der Waals surface area (Å²) in [5.74, 6) is 0.255. The number of sulfonamides is 1. The molecule has 2 aromatic rings. The Morgan fingerprint density at radius 2 is 1.93 bits per heavy atom. The van der Waals surface area contributed by atoms with Crippen molar-refractivity contribution in [2.75, 3.05) is 18.4 Å². The largest absolute Gasteiger partial charge is 0.490 e. The summed E-state index contributed by atoms with van der Waals surface area (Å²) in [5.41, 5.74) is 0.685. The molecular weight excluding hydrogens is 420 g/mol. The number of ether oxygens (including phenoxy) is 1. The van der Waals surface area contributed by atoms with E-state index in [0.29, 0.717) is 29.3 Å². The molecule has 4 rings (SSSR count). The number of piperidine rings is 1. The Balaban J connectivity index is 1.40. The van der Waals surface area contributed by atoms with E-state index in [-0.39, 0.29) is 24.5 Å². The number of thiophene rings is 1. The maximum absolute atomic E-state index is 12.9. The summed E-state index contributed by atoms with van der Waals surface area (Å²) in [7, 11) is -3.55. The van der Waals surface area contributed by atoms with Crippen LogP contribution in [0.5, 0.6) is 5.75 Å². The minimum Gasteiger partial charge on any atom is -0.490 e. The molecule has 0 radical (unpaired) electrons. The molecule has 0 spiro atoms. The average Bonchev–Trinajstić information content (AvgIpc) is 3.40. The number of nitrogens with one attached hydrogen (secondary N) is 1. The van der Waals surface area contributed by atoms with Crippen LogP contribution in [0, 0.1) is 12.8 Å². The van der Waals surface area contributed by atoms with Crippen molar-refractivity contribution in [1.82, 2.24) is 4.31 Å². The molecule has 162 valence electrons. The quantitative estimate of drug-likeness (QED) is 0.710. The van der Waals surface area contributed by atoms with Crippen LogP contribution in [-0.4, -0.2) is 37.8 Å². The van der Waals surface area contributed by atoms with Crippen molar-refractivity contribution >= 4 is 33.0 Å². The van der Waals surface area contributed by atoms with Crippen molar-refractivity contribution in [3.8, 4) is 5.75 Å². The summed E-state index contributed by atoms with van der Waals surface area (Å²) in [4.78, 5) is 13.8. The lowest BCUT2D eigenvalue weighted by Crippen LogP contribution is -2.43. The van der Waals surface area contributed by atoms with E-state index < -0.39 is 10.0 Å². The summed E-state index contributed by atoms with van der Waals surface area (Å²) in [6.45, 7) is 2.55. The van der Waals surface area contributed by atoms with Gasteiger partial charge < -0.3 is 10.1 Å². The summed E-state index contributed by atoms with van der Waals surface area (Å²) < 4.78 is 33.7. The molecule has 1 N–H and O–H groups in total. The number of nitrogens with zero attached hydrogens (tertiary/aromatic N) is 1. The lowest BCUT2D eigenvalue weighted by Gasteiger charge is -2.30. The Morgan fingerprint density at radius 1 is 1.13 bits per heavy atom. The van der Waals surface area contributed by atoms with Crippen LogP contribution in [0.15, 0.2) is 40.6 Å². The maximum atomic E-state index is 12.9. The van der Waals surface area contributed by atoms with Crippen LogP contribution in [-0.2, 0) is 14.8 Å². The molecular formula is C22H28N2O4S2. The van der Waals surface area contributed by atoms with Gasteiger partial charge in [-0.1, -0.05) is 6.07 Å². The SMILES string of the molecule is Cc1ccc(S(=O)(=O)N2CCCC(C(=O)Nc3cccc(OC4CCCC4)c3)C2)s1. The number of carbonyl (C=O) groups is 1. The summed E-state index contributed by atoms with van der Waals surface area (Å²) >= 11 is 1.27. The van der Waals surface area contributed by atoms with E-state index in [9.17, 15) is 13.2 Å². The third-order valence-corrected chi connectivity index (χ3v) is 9.10. The van der Waals surface area contributed by atoms with E-state index in [1.54, 1.807) is 6.07 Å². The molecule has 1 saturated heterocycles. The molecule has 1 aliphatic heterocycles. The monoisotopic (exact) mass is 448 g/mol. The molecule has 2 aliphatic rings. The first-order valence-electron chi connectivity index (χ1n) is 10.6. The lowest BCUT2D eigenvalue weighted by atomic mass is 9.98. The first-order valence-corrected chi connectivity index (χ1v) is 12.8. The second kappa shape index (κ2) is 9.08. The van der Waals surface area contributed by atoms with Crippen LogP contribution >= 0.6 is 11.3 Å². The normalized spacial score (nSPS) is 20.9. The van der Waals surface area contributed by atoms with Gasteiger partial charge in [-0.25, -0.2) is 8.42 Å². The predicted molar refractivity (Wildman–Crippen MR) is 118 cm³/mol. The third kappa shape index (κ3) is 4.87. The van der Waals surface area contributed by atoms with E-state index in [4.69, 9.17) is 4.74 Å². The Labute approximate surface area is 182 Å². The van der Waals surface area contributed by atoms with Crippen LogP contribution in [0.25, 0.3) is 0 Å². The average molecular weight is 449 g/mol. The Kier molecular flexibility index (Phi) is 6.46. The van der Waals surface area contributed by atoms with Crippen LogP contribution in [0.4, 0.5) is 5.69 Å². The number of benzene rings is 1. The fraction of sp³-hybridized carbons (Fsp3) is 0.500. The Bertz CT molecular complexity index is 996. The highest BCUT2D eigenvalue weighted by Gasteiger charge is 2.34. The highest BCUT2D eigenvalue weighted by molar-refractivity contribution is 7.91. The molecule has 1 aliphatic carbocycles. The zero-order chi connectivity index (χ0) is 21.1. The summed E-state index contributed by atoms with van der Waals surface area (Å²) in [6.07, 6.45) is 6.17. The number of anilines is 1. The first kappa shape index (κ1) is 21.3. The van der Waals surface area contributed by atoms with Gasteiger partial charge in [0.15, 0.2) is 0 Å². The van der Waals surface area contributed by atoms with Gasteiger partial charge in [0.2, 0.25) is 5.91 Å². The maximum Gasteiger partial charge on any atom is 0.252 e. The lowest BCUT2D eigenvalue weighted by molar-refractivity contribution is -0.120. The molecule has 8 heteroatoms. The van der Waals surface area contributed by atoms with Crippen molar-refractivity contribution in [2.45, 2.75) is 55.8 Å². The van der Waals surface area contributed by atoms with Crippen molar-refractivity contribution < 1.29 is 17.9 Å². The molecule has 1 unspecified atom stereocenters. The molecule has 0 bridgehead atoms. The van der Waals surface area contributed by atoms with Crippen LogP contribution < -0.4 is 10.1 Å². The van der Waals surface area contributed by atoms with Gasteiger partial charge in [-0.15, -0.1) is 11.3 Å². The van der Waals surface area contributed by atoms with Gasteiger partial charge in [-0.2, -0.15) is 4.31 Å². The zero-order valence-corrected chi connectivity index (χ0v) is 18.8. The van der Waals surface area contributed by atoms with Crippen LogP contribution in [0.2, 0.25) is 0 Å². The second-order valence-electron chi connectivity index (χ2n) is 8.11. The van der Waals surface area contributed by atoms with Gasteiger partial charge in [0.1, 0.15) is 9.96 Å². The fourth-order valence-electron chi connectivity index (χ4n) is 4.14. The molecule has 1 saturated carbocycles. The van der Waals surface area contributed by atoms with Crippen LogP contribution in [0.1, 0.15) is 43.4 Å². The van der Waals surface area contributed by atoms with Gasteiger partial charge >= 0.3 is 0 Å². The highest BCUT2D eigenvalue weighted by atomic mass is 32.2. The van der Waals surface area contributed by atoms with Gasteiger partial charge in [0.25, 0.3) is 10.0 Å². The van der Waals surface area contributed by atoms with Crippen LogP contribution in [0.3, 0.4) is 0 Å². The van der Waals surface area contributed by atoms with Gasteiger partial charge in [-0.3, -0.25) is 4.79 Å². The topological polar surface area (TPSA) is 75.7 Å². The standard InChI is InChI=1S/C22H28N2O4S2/c1-16-11-12-21(29-16)30(26,27)24-13-5-6-17(15-24)22(25)23-18-7-4-10-20(14-18)28-19-8-2-3-9-19/h4,7,10-12,14,17,19H,2-3,5-6,8-9,13,15H2,1H3,(H,23,25). The number of hydrogen-bond acceptors (Lipinski definition) is 5. The molecule has 1 amide bonds. The van der Waals surface area contributed by atoms with E-state index in [0.717, 1.165) is 23.5 Å². The molecule has 1 aromatic heterocycles. The van der Waals surface area contributed by atoms with Crippen molar-refractivity contribution in [3.05, 3.63) is 41.3 Å². The van der Waals surface area contributed by atoms with Crippen molar-refractivity contribution in [1.29, 1.82) is 0 Å². The molecule has 6 nitrogen and oxygen atoms in total. The van der Waals surface area contributed by atoms with E-state index in [1.165, 1.54) is 28.5 Å². The Morgan fingerprint density at radius 3 is 2.67 bits per heavy atom.